The van der Waals surface area contributed by atoms with Crippen molar-refractivity contribution in [3.8, 4) is 0 Å². The molecule has 1 heterocycles. The number of benzene rings is 1. The molecule has 1 unspecified atom stereocenters. The molecule has 0 saturated heterocycles. The first-order valence-electron chi connectivity index (χ1n) is 4.54. The number of amides is 2. The molecule has 1 aliphatic heterocycles. The third-order valence-corrected chi connectivity index (χ3v) is 2.80. The SMILES string of the molecule is O=C1Nc2cccc3c2C(CC3)N1. The second-order valence-corrected chi connectivity index (χ2v) is 3.57. The van der Waals surface area contributed by atoms with Gasteiger partial charge < -0.3 is 10.6 Å². The maximum absolute atomic E-state index is 11.2. The van der Waals surface area contributed by atoms with E-state index in [0.717, 1.165) is 18.5 Å². The van der Waals surface area contributed by atoms with Crippen LogP contribution in [0.1, 0.15) is 23.6 Å². The number of carbonyl (C=O) groups is 1. The van der Waals surface area contributed by atoms with Gasteiger partial charge in [-0.25, -0.2) is 4.79 Å². The second kappa shape index (κ2) is 2.25. The van der Waals surface area contributed by atoms with Gasteiger partial charge in [-0.3, -0.25) is 0 Å². The molecular weight excluding hydrogens is 164 g/mol. The first-order valence-corrected chi connectivity index (χ1v) is 4.54. The molecule has 3 nitrogen and oxygen atoms in total. The second-order valence-electron chi connectivity index (χ2n) is 3.57. The van der Waals surface area contributed by atoms with E-state index in [9.17, 15) is 4.79 Å². The predicted octanol–water partition coefficient (Wildman–Crippen LogP) is 1.81. The quantitative estimate of drug-likeness (QED) is 0.618. The number of aryl methyl sites for hydroxylation is 1. The van der Waals surface area contributed by atoms with Crippen LogP contribution in [0.4, 0.5) is 10.5 Å². The largest absolute Gasteiger partial charge is 0.331 e. The molecule has 66 valence electrons. The summed E-state index contributed by atoms with van der Waals surface area (Å²) in [5.41, 5.74) is 3.65. The van der Waals surface area contributed by atoms with Gasteiger partial charge >= 0.3 is 6.03 Å². The summed E-state index contributed by atoms with van der Waals surface area (Å²) >= 11 is 0. The van der Waals surface area contributed by atoms with Crippen molar-refractivity contribution in [2.45, 2.75) is 18.9 Å². The lowest BCUT2D eigenvalue weighted by molar-refractivity contribution is 0.247. The highest BCUT2D eigenvalue weighted by molar-refractivity contribution is 5.93. The molecule has 0 radical (unpaired) electrons. The molecule has 0 aromatic heterocycles. The molecule has 1 aliphatic carbocycles. The van der Waals surface area contributed by atoms with Crippen molar-refractivity contribution in [1.29, 1.82) is 0 Å². The Morgan fingerprint density at radius 3 is 3.23 bits per heavy atom. The normalized spacial score (nSPS) is 23.4. The maximum atomic E-state index is 11.2. The molecule has 1 atom stereocenters. The van der Waals surface area contributed by atoms with E-state index < -0.39 is 0 Å². The molecule has 0 saturated carbocycles. The van der Waals surface area contributed by atoms with E-state index in [0.29, 0.717) is 0 Å². The summed E-state index contributed by atoms with van der Waals surface area (Å²) in [6.07, 6.45) is 2.12. The molecule has 0 bridgehead atoms. The van der Waals surface area contributed by atoms with Crippen molar-refractivity contribution in [2.75, 3.05) is 5.32 Å². The Labute approximate surface area is 76.1 Å². The molecule has 13 heavy (non-hydrogen) atoms. The molecule has 2 aliphatic rings. The third-order valence-electron chi connectivity index (χ3n) is 2.80. The van der Waals surface area contributed by atoms with Gasteiger partial charge in [-0.1, -0.05) is 12.1 Å². The lowest BCUT2D eigenvalue weighted by Gasteiger charge is -2.23. The van der Waals surface area contributed by atoms with Crippen molar-refractivity contribution >= 4 is 11.7 Å². The maximum Gasteiger partial charge on any atom is 0.319 e. The molecule has 1 aromatic rings. The van der Waals surface area contributed by atoms with Crippen LogP contribution in [0, 0.1) is 0 Å². The standard InChI is InChI=1S/C10H10N2O/c13-10-11-7-3-1-2-6-4-5-8(12-10)9(6)7/h1-3,8H,4-5H2,(H2,11,12,13). The fourth-order valence-electron chi connectivity index (χ4n) is 2.26. The van der Waals surface area contributed by atoms with E-state index in [1.807, 2.05) is 12.1 Å². The van der Waals surface area contributed by atoms with Crippen LogP contribution in [0.2, 0.25) is 0 Å². The van der Waals surface area contributed by atoms with Gasteiger partial charge in [0.1, 0.15) is 0 Å². The van der Waals surface area contributed by atoms with Crippen molar-refractivity contribution in [3.63, 3.8) is 0 Å². The first-order chi connectivity index (χ1) is 6.34. The van der Waals surface area contributed by atoms with Crippen LogP contribution in [0.3, 0.4) is 0 Å². The van der Waals surface area contributed by atoms with Gasteiger partial charge in [-0.15, -0.1) is 0 Å². The third kappa shape index (κ3) is 0.869. The number of hydrogen-bond acceptors (Lipinski definition) is 1. The van der Waals surface area contributed by atoms with Crippen LogP contribution in [-0.4, -0.2) is 6.03 Å². The van der Waals surface area contributed by atoms with E-state index in [2.05, 4.69) is 16.7 Å². The molecule has 3 rings (SSSR count). The Kier molecular flexibility index (Phi) is 1.20. The minimum atomic E-state index is -0.0726. The molecule has 2 N–H and O–H groups in total. The molecule has 2 amide bonds. The van der Waals surface area contributed by atoms with E-state index in [1.165, 1.54) is 11.1 Å². The minimum absolute atomic E-state index is 0.0726. The van der Waals surface area contributed by atoms with Gasteiger partial charge in [-0.2, -0.15) is 0 Å². The number of rotatable bonds is 0. The highest BCUT2D eigenvalue weighted by Crippen LogP contribution is 2.38. The summed E-state index contributed by atoms with van der Waals surface area (Å²) in [5.74, 6) is 0. The fourth-order valence-corrected chi connectivity index (χ4v) is 2.26. The molecule has 3 heteroatoms. The Morgan fingerprint density at radius 1 is 1.38 bits per heavy atom. The summed E-state index contributed by atoms with van der Waals surface area (Å²) in [6, 6.07) is 6.28. The van der Waals surface area contributed by atoms with Gasteiger partial charge in [0.15, 0.2) is 0 Å². The first kappa shape index (κ1) is 6.95. The van der Waals surface area contributed by atoms with Crippen molar-refractivity contribution in [1.82, 2.24) is 5.32 Å². The summed E-state index contributed by atoms with van der Waals surface area (Å²) in [6.45, 7) is 0. The fraction of sp³-hybridized carbons (Fsp3) is 0.300. The van der Waals surface area contributed by atoms with Crippen molar-refractivity contribution in [2.24, 2.45) is 0 Å². The number of anilines is 1. The average Bonchev–Trinajstić information content (AvgIpc) is 2.50. The van der Waals surface area contributed by atoms with Crippen LogP contribution in [0.25, 0.3) is 0 Å². The van der Waals surface area contributed by atoms with Crippen LogP contribution in [0.5, 0.6) is 0 Å². The van der Waals surface area contributed by atoms with E-state index >= 15 is 0 Å². The smallest absolute Gasteiger partial charge is 0.319 e. The number of carbonyl (C=O) groups excluding carboxylic acids is 1. The molecule has 1 aromatic carbocycles. The van der Waals surface area contributed by atoms with E-state index in [4.69, 9.17) is 0 Å². The summed E-state index contributed by atoms with van der Waals surface area (Å²) in [4.78, 5) is 11.2. The van der Waals surface area contributed by atoms with Crippen LogP contribution in [-0.2, 0) is 6.42 Å². The summed E-state index contributed by atoms with van der Waals surface area (Å²) < 4.78 is 0. The van der Waals surface area contributed by atoms with Crippen LogP contribution >= 0.6 is 0 Å². The lowest BCUT2D eigenvalue weighted by Crippen LogP contribution is -2.36. The highest BCUT2D eigenvalue weighted by Gasteiger charge is 2.30. The molecule has 0 fully saturated rings. The minimum Gasteiger partial charge on any atom is -0.331 e. The monoisotopic (exact) mass is 174 g/mol. The van der Waals surface area contributed by atoms with Gasteiger partial charge in [0.05, 0.1) is 6.04 Å². The Hall–Kier alpha value is -1.51. The molecular formula is C10H10N2O. The van der Waals surface area contributed by atoms with E-state index in [-0.39, 0.29) is 12.1 Å². The Bertz CT molecular complexity index is 387. The number of urea groups is 1. The zero-order valence-corrected chi connectivity index (χ0v) is 7.13. The van der Waals surface area contributed by atoms with E-state index in [1.54, 1.807) is 0 Å². The van der Waals surface area contributed by atoms with Crippen LogP contribution < -0.4 is 10.6 Å². The average molecular weight is 174 g/mol. The number of hydrogen-bond donors (Lipinski definition) is 2. The van der Waals surface area contributed by atoms with Gasteiger partial charge in [0.2, 0.25) is 0 Å². The number of nitrogens with one attached hydrogen (secondary N) is 2. The van der Waals surface area contributed by atoms with Crippen molar-refractivity contribution < 1.29 is 4.79 Å². The van der Waals surface area contributed by atoms with Crippen molar-refractivity contribution in [3.05, 3.63) is 29.3 Å². The highest BCUT2D eigenvalue weighted by atomic mass is 16.2. The zero-order valence-electron chi connectivity index (χ0n) is 7.13. The zero-order chi connectivity index (χ0) is 8.84. The van der Waals surface area contributed by atoms with Gasteiger partial charge in [0, 0.05) is 11.3 Å². The summed E-state index contributed by atoms with van der Waals surface area (Å²) in [5, 5.41) is 5.75. The molecule has 0 spiro atoms. The predicted molar refractivity (Wildman–Crippen MR) is 49.7 cm³/mol. The lowest BCUT2D eigenvalue weighted by atomic mass is 10.0. The Balaban J connectivity index is 2.22. The topological polar surface area (TPSA) is 41.1 Å². The Morgan fingerprint density at radius 2 is 2.31 bits per heavy atom. The van der Waals surface area contributed by atoms with Crippen LogP contribution in [0.15, 0.2) is 18.2 Å². The summed E-state index contributed by atoms with van der Waals surface area (Å²) in [7, 11) is 0. The van der Waals surface area contributed by atoms with Gasteiger partial charge in [-0.05, 0) is 24.5 Å². The van der Waals surface area contributed by atoms with Gasteiger partial charge in [0.25, 0.3) is 0 Å².